The van der Waals surface area contributed by atoms with Gasteiger partial charge in [-0.2, -0.15) is 0 Å². The molecule has 6 heteroatoms. The van der Waals surface area contributed by atoms with Crippen LogP contribution in [0.25, 0.3) is 22.2 Å². The Hall–Kier alpha value is -1.52. The number of hydrogen-bond acceptors (Lipinski definition) is 3. The first-order valence-corrected chi connectivity index (χ1v) is 8.79. The maximum atomic E-state index is 6.45. The summed E-state index contributed by atoms with van der Waals surface area (Å²) in [7, 11) is 0. The molecule has 0 unspecified atom stereocenters. The van der Waals surface area contributed by atoms with E-state index >= 15 is 0 Å². The van der Waals surface area contributed by atoms with Crippen LogP contribution in [0.2, 0.25) is 10.0 Å². The van der Waals surface area contributed by atoms with E-state index < -0.39 is 0 Å². The first-order valence-electron chi connectivity index (χ1n) is 8.03. The first kappa shape index (κ1) is 18.3. The lowest BCUT2D eigenvalue weighted by atomic mass is 10.1. The van der Waals surface area contributed by atoms with Crippen molar-refractivity contribution >= 4 is 52.2 Å². The van der Waals surface area contributed by atoms with E-state index in [1.54, 1.807) is 6.07 Å². The summed E-state index contributed by atoms with van der Waals surface area (Å²) < 4.78 is 0. The number of rotatable bonds is 2. The molecule has 1 saturated heterocycles. The number of hydrogen-bond donors (Lipinski definition) is 1. The Kier molecular flexibility index (Phi) is 5.70. The van der Waals surface area contributed by atoms with E-state index in [4.69, 9.17) is 28.2 Å². The molecular weight excluding hydrogens is 377 g/mol. The van der Waals surface area contributed by atoms with Gasteiger partial charge in [0.15, 0.2) is 0 Å². The van der Waals surface area contributed by atoms with Gasteiger partial charge in [0.2, 0.25) is 0 Å². The summed E-state index contributed by atoms with van der Waals surface area (Å²) >= 11 is 12.7. The molecule has 3 nitrogen and oxygen atoms in total. The molecule has 1 aliphatic rings. The van der Waals surface area contributed by atoms with Crippen LogP contribution >= 0.6 is 35.6 Å². The summed E-state index contributed by atoms with van der Waals surface area (Å²) in [5.41, 5.74) is 3.96. The normalized spacial score (nSPS) is 14.4. The van der Waals surface area contributed by atoms with Gasteiger partial charge in [-0.25, -0.2) is 4.98 Å². The number of aromatic nitrogens is 1. The Balaban J connectivity index is 0.00000182. The number of anilines is 1. The molecular formula is C19H18Cl3N3. The molecule has 0 spiro atoms. The van der Waals surface area contributed by atoms with Crippen LogP contribution in [0.5, 0.6) is 0 Å². The standard InChI is InChI=1S/C19H17Cl2N3.ClH/c20-14-10-15-18(24-8-6-22-7-9-24)12-17(13-4-2-1-3-5-13)23-19(15)16(21)11-14;/h1-5,10-12,22H,6-9H2;1H. The fourth-order valence-corrected chi connectivity index (χ4v) is 3.69. The van der Waals surface area contributed by atoms with Crippen molar-refractivity contribution in [2.75, 3.05) is 31.1 Å². The first-order chi connectivity index (χ1) is 11.7. The van der Waals surface area contributed by atoms with Crippen LogP contribution < -0.4 is 10.2 Å². The van der Waals surface area contributed by atoms with Crippen molar-refractivity contribution in [2.24, 2.45) is 0 Å². The van der Waals surface area contributed by atoms with Crippen LogP contribution in [0, 0.1) is 0 Å². The quantitative estimate of drug-likeness (QED) is 0.660. The summed E-state index contributed by atoms with van der Waals surface area (Å²) in [6.45, 7) is 3.85. The molecule has 3 aromatic rings. The highest BCUT2D eigenvalue weighted by molar-refractivity contribution is 6.38. The van der Waals surface area contributed by atoms with Crippen LogP contribution in [0.4, 0.5) is 5.69 Å². The lowest BCUT2D eigenvalue weighted by Gasteiger charge is -2.31. The molecule has 0 saturated carbocycles. The second-order valence-electron chi connectivity index (χ2n) is 5.91. The number of nitrogens with zero attached hydrogens (tertiary/aromatic N) is 2. The Morgan fingerprint density at radius 1 is 0.960 bits per heavy atom. The Labute approximate surface area is 163 Å². The maximum absolute atomic E-state index is 6.45. The number of fused-ring (bicyclic) bond motifs is 1. The maximum Gasteiger partial charge on any atom is 0.0917 e. The van der Waals surface area contributed by atoms with Crippen molar-refractivity contribution in [2.45, 2.75) is 0 Å². The van der Waals surface area contributed by atoms with Crippen LogP contribution in [0.15, 0.2) is 48.5 Å². The third kappa shape index (κ3) is 3.70. The van der Waals surface area contributed by atoms with Gasteiger partial charge in [0.05, 0.1) is 16.2 Å². The molecule has 0 aliphatic carbocycles. The molecule has 2 heterocycles. The van der Waals surface area contributed by atoms with Gasteiger partial charge in [-0.1, -0.05) is 53.5 Å². The fourth-order valence-electron chi connectivity index (χ4n) is 3.16. The topological polar surface area (TPSA) is 28.2 Å². The van der Waals surface area contributed by atoms with Gasteiger partial charge < -0.3 is 10.2 Å². The van der Waals surface area contributed by atoms with E-state index in [0.717, 1.165) is 54.0 Å². The minimum atomic E-state index is 0. The van der Waals surface area contributed by atoms with Crippen LogP contribution in [0.3, 0.4) is 0 Å². The molecule has 25 heavy (non-hydrogen) atoms. The average Bonchev–Trinajstić information content (AvgIpc) is 2.62. The number of nitrogens with one attached hydrogen (secondary N) is 1. The summed E-state index contributed by atoms with van der Waals surface area (Å²) in [6, 6.07) is 16.1. The number of halogens is 3. The second kappa shape index (κ2) is 7.79. The summed E-state index contributed by atoms with van der Waals surface area (Å²) in [6.07, 6.45) is 0. The average molecular weight is 395 g/mol. The molecule has 0 radical (unpaired) electrons. The largest absolute Gasteiger partial charge is 0.368 e. The van der Waals surface area contributed by atoms with Crippen molar-refractivity contribution in [3.8, 4) is 11.3 Å². The van der Waals surface area contributed by atoms with Crippen LogP contribution in [-0.4, -0.2) is 31.2 Å². The van der Waals surface area contributed by atoms with Crippen molar-refractivity contribution in [3.05, 3.63) is 58.6 Å². The molecule has 1 aromatic heterocycles. The molecule has 130 valence electrons. The highest BCUT2D eigenvalue weighted by atomic mass is 35.5. The molecule has 1 aliphatic heterocycles. The van der Waals surface area contributed by atoms with Gasteiger partial charge in [0, 0.05) is 47.8 Å². The van der Waals surface area contributed by atoms with E-state index in [-0.39, 0.29) is 12.4 Å². The van der Waals surface area contributed by atoms with Crippen molar-refractivity contribution < 1.29 is 0 Å². The lowest BCUT2D eigenvalue weighted by molar-refractivity contribution is 0.590. The molecule has 2 aromatic carbocycles. The van der Waals surface area contributed by atoms with E-state index in [9.17, 15) is 0 Å². The van der Waals surface area contributed by atoms with E-state index in [0.29, 0.717) is 10.0 Å². The second-order valence-corrected chi connectivity index (χ2v) is 6.76. The third-order valence-corrected chi connectivity index (χ3v) is 4.84. The highest BCUT2D eigenvalue weighted by Gasteiger charge is 2.17. The molecule has 4 rings (SSSR count). The third-order valence-electron chi connectivity index (χ3n) is 4.34. The van der Waals surface area contributed by atoms with Gasteiger partial charge in [-0.05, 0) is 18.2 Å². The number of benzene rings is 2. The predicted octanol–water partition coefficient (Wildman–Crippen LogP) is 5.04. The van der Waals surface area contributed by atoms with Gasteiger partial charge in [-0.15, -0.1) is 12.4 Å². The summed E-state index contributed by atoms with van der Waals surface area (Å²) in [5.74, 6) is 0. The minimum Gasteiger partial charge on any atom is -0.368 e. The zero-order valence-electron chi connectivity index (χ0n) is 13.5. The van der Waals surface area contributed by atoms with Gasteiger partial charge >= 0.3 is 0 Å². The molecule has 0 atom stereocenters. The Bertz CT molecular complexity index is 878. The molecule has 0 bridgehead atoms. The van der Waals surface area contributed by atoms with Crippen LogP contribution in [0.1, 0.15) is 0 Å². The van der Waals surface area contributed by atoms with E-state index in [1.165, 1.54) is 0 Å². The van der Waals surface area contributed by atoms with Gasteiger partial charge in [0.25, 0.3) is 0 Å². The monoisotopic (exact) mass is 393 g/mol. The van der Waals surface area contributed by atoms with Crippen LogP contribution in [-0.2, 0) is 0 Å². The Morgan fingerprint density at radius 3 is 2.40 bits per heavy atom. The number of piperazine rings is 1. The van der Waals surface area contributed by atoms with Crippen molar-refractivity contribution in [1.82, 2.24) is 10.3 Å². The van der Waals surface area contributed by atoms with Crippen molar-refractivity contribution in [1.29, 1.82) is 0 Å². The van der Waals surface area contributed by atoms with E-state index in [1.807, 2.05) is 24.3 Å². The fraction of sp³-hybridized carbons (Fsp3) is 0.211. The van der Waals surface area contributed by atoms with Crippen molar-refractivity contribution in [3.63, 3.8) is 0 Å². The SMILES string of the molecule is Cl.Clc1cc(Cl)c2nc(-c3ccccc3)cc(N3CCNCC3)c2c1. The minimum absolute atomic E-state index is 0. The van der Waals surface area contributed by atoms with Gasteiger partial charge in [0.1, 0.15) is 0 Å². The predicted molar refractivity (Wildman–Crippen MR) is 110 cm³/mol. The lowest BCUT2D eigenvalue weighted by Crippen LogP contribution is -2.43. The molecule has 1 N–H and O–H groups in total. The molecule has 0 amide bonds. The van der Waals surface area contributed by atoms with Gasteiger partial charge in [-0.3, -0.25) is 0 Å². The number of pyridine rings is 1. The highest BCUT2D eigenvalue weighted by Crippen LogP contribution is 2.36. The smallest absolute Gasteiger partial charge is 0.0917 e. The Morgan fingerprint density at radius 2 is 1.68 bits per heavy atom. The summed E-state index contributed by atoms with van der Waals surface area (Å²) in [5, 5.41) is 5.63. The molecule has 1 fully saturated rings. The zero-order chi connectivity index (χ0) is 16.5. The zero-order valence-corrected chi connectivity index (χ0v) is 15.8. The van der Waals surface area contributed by atoms with E-state index in [2.05, 4.69) is 28.4 Å². The summed E-state index contributed by atoms with van der Waals surface area (Å²) in [4.78, 5) is 7.18.